The van der Waals surface area contributed by atoms with Gasteiger partial charge in [-0.05, 0) is 37.0 Å². The van der Waals surface area contributed by atoms with Crippen LogP contribution in [0.1, 0.15) is 35.2 Å². The maximum absolute atomic E-state index is 14.8. The molecule has 1 amide bonds. The van der Waals surface area contributed by atoms with Crippen LogP contribution in [0, 0.1) is 5.92 Å². The minimum atomic E-state index is -1.36. The van der Waals surface area contributed by atoms with Crippen molar-refractivity contribution in [2.24, 2.45) is 18.7 Å². The van der Waals surface area contributed by atoms with Crippen LogP contribution in [0.15, 0.2) is 49.1 Å². The van der Waals surface area contributed by atoms with Gasteiger partial charge in [-0.3, -0.25) is 4.79 Å². The molecule has 1 aliphatic heterocycles. The van der Waals surface area contributed by atoms with E-state index in [0.717, 1.165) is 36.0 Å². The van der Waals surface area contributed by atoms with Crippen LogP contribution in [0.4, 0.5) is 8.78 Å². The zero-order valence-corrected chi connectivity index (χ0v) is 23.3. The topological polar surface area (TPSA) is 109 Å². The summed E-state index contributed by atoms with van der Waals surface area (Å²) in [4.78, 5) is 28.6. The van der Waals surface area contributed by atoms with Crippen LogP contribution in [-0.4, -0.2) is 71.9 Å². The number of nitrogens with two attached hydrogens (primary N) is 1. The number of carbonyl (C=O) groups excluding carboxylic acids is 1. The minimum Gasteiger partial charge on any atom is -0.486 e. The quantitative estimate of drug-likeness (QED) is 0.270. The van der Waals surface area contributed by atoms with E-state index in [1.807, 2.05) is 29.8 Å². The summed E-state index contributed by atoms with van der Waals surface area (Å²) in [7, 11) is 1.93. The molecule has 42 heavy (non-hydrogen) atoms. The SMILES string of the molecule is Cn1c(-c2cc3cccc(OCC(F)n4ccnc4)c3n2CC2CC2)nc2cc3c(nc21)CCN(CC(N)CF)C3=O. The van der Waals surface area contributed by atoms with E-state index in [9.17, 15) is 13.6 Å². The molecule has 2 N–H and O–H groups in total. The van der Waals surface area contributed by atoms with Crippen LogP contribution in [0.5, 0.6) is 5.75 Å². The number of benzene rings is 1. The fourth-order valence-corrected chi connectivity index (χ4v) is 5.79. The maximum Gasteiger partial charge on any atom is 0.255 e. The summed E-state index contributed by atoms with van der Waals surface area (Å²) < 4.78 is 39.4. The van der Waals surface area contributed by atoms with Gasteiger partial charge in [-0.15, -0.1) is 0 Å². The zero-order chi connectivity index (χ0) is 29.0. The summed E-state index contributed by atoms with van der Waals surface area (Å²) in [5.74, 6) is 1.67. The van der Waals surface area contributed by atoms with Gasteiger partial charge in [0.15, 0.2) is 11.5 Å². The van der Waals surface area contributed by atoms with Crippen molar-refractivity contribution < 1.29 is 18.3 Å². The predicted molar refractivity (Wildman–Crippen MR) is 154 cm³/mol. The lowest BCUT2D eigenvalue weighted by Crippen LogP contribution is -2.45. The molecule has 1 saturated carbocycles. The highest BCUT2D eigenvalue weighted by atomic mass is 19.1. The Hall–Kier alpha value is -4.32. The van der Waals surface area contributed by atoms with Crippen LogP contribution in [0.25, 0.3) is 33.6 Å². The second kappa shape index (κ2) is 10.5. The Morgan fingerprint density at radius 2 is 2.07 bits per heavy atom. The van der Waals surface area contributed by atoms with Gasteiger partial charge in [-0.2, -0.15) is 0 Å². The molecule has 4 aromatic heterocycles. The standard InChI is InChI=1S/C30H32F2N8O2/c1-37-28-23(12-21-22(35-28)7-9-38(30(21)41)15-20(33)13-31)36-29(37)24-11-19-3-2-4-25(27(19)40(24)14-18-5-6-18)42-16-26(32)39-10-8-34-17-39/h2-4,8,10-12,17-18,20,26H,5-7,9,13-16,33H2,1H3. The minimum absolute atomic E-state index is 0.150. The van der Waals surface area contributed by atoms with Gasteiger partial charge >= 0.3 is 0 Å². The van der Waals surface area contributed by atoms with Crippen LogP contribution >= 0.6 is 0 Å². The number of pyridine rings is 1. The lowest BCUT2D eigenvalue weighted by Gasteiger charge is -2.29. The average Bonchev–Trinajstić information content (AvgIpc) is 3.36. The Morgan fingerprint density at radius 1 is 1.21 bits per heavy atom. The first-order valence-corrected chi connectivity index (χ1v) is 14.3. The van der Waals surface area contributed by atoms with Crippen molar-refractivity contribution in [2.75, 3.05) is 26.4 Å². The highest BCUT2D eigenvalue weighted by molar-refractivity contribution is 5.99. The molecule has 0 saturated heterocycles. The molecule has 2 unspecified atom stereocenters. The molecule has 2 atom stereocenters. The van der Waals surface area contributed by atoms with Crippen LogP contribution in [0.2, 0.25) is 0 Å². The van der Waals surface area contributed by atoms with Gasteiger partial charge in [-0.1, -0.05) is 12.1 Å². The zero-order valence-electron chi connectivity index (χ0n) is 23.3. The van der Waals surface area contributed by atoms with E-state index in [1.54, 1.807) is 17.2 Å². The number of ether oxygens (including phenoxy) is 1. The van der Waals surface area contributed by atoms with E-state index >= 15 is 0 Å². The lowest BCUT2D eigenvalue weighted by atomic mass is 10.0. The smallest absolute Gasteiger partial charge is 0.255 e. The molecular formula is C30H32F2N8O2. The first kappa shape index (κ1) is 26.6. The highest BCUT2D eigenvalue weighted by Crippen LogP contribution is 2.39. The highest BCUT2D eigenvalue weighted by Gasteiger charge is 2.30. The summed E-state index contributed by atoms with van der Waals surface area (Å²) in [5.41, 5.74) is 10.1. The van der Waals surface area contributed by atoms with Crippen molar-refractivity contribution in [1.82, 2.24) is 33.6 Å². The van der Waals surface area contributed by atoms with E-state index in [-0.39, 0.29) is 19.1 Å². The number of imidazole rings is 2. The number of fused-ring (bicyclic) bond motifs is 3. The van der Waals surface area contributed by atoms with Crippen LogP contribution < -0.4 is 10.5 Å². The van der Waals surface area contributed by atoms with Gasteiger partial charge in [0.05, 0.1) is 34.8 Å². The van der Waals surface area contributed by atoms with Crippen LogP contribution in [-0.2, 0) is 20.0 Å². The first-order chi connectivity index (χ1) is 20.4. The molecule has 0 radical (unpaired) electrons. The maximum atomic E-state index is 14.8. The van der Waals surface area contributed by atoms with Gasteiger partial charge < -0.3 is 29.1 Å². The van der Waals surface area contributed by atoms with Crippen molar-refractivity contribution in [2.45, 2.75) is 38.1 Å². The summed E-state index contributed by atoms with van der Waals surface area (Å²) in [6.07, 6.45) is 6.05. The average molecular weight is 575 g/mol. The number of hydrogen-bond acceptors (Lipinski definition) is 6. The molecule has 10 nitrogen and oxygen atoms in total. The number of nitrogens with zero attached hydrogens (tertiary/aromatic N) is 7. The van der Waals surface area contributed by atoms with Crippen molar-refractivity contribution in [3.05, 3.63) is 60.3 Å². The second-order valence-electron chi connectivity index (χ2n) is 11.3. The number of aryl methyl sites for hydroxylation is 1. The molecule has 1 aliphatic carbocycles. The number of rotatable bonds is 10. The number of alkyl halides is 2. The first-order valence-electron chi connectivity index (χ1n) is 14.3. The third-order valence-corrected chi connectivity index (χ3v) is 8.19. The third-order valence-electron chi connectivity index (χ3n) is 8.19. The van der Waals surface area contributed by atoms with E-state index in [2.05, 4.69) is 15.6 Å². The fourth-order valence-electron chi connectivity index (χ4n) is 5.79. The van der Waals surface area contributed by atoms with E-state index in [4.69, 9.17) is 20.4 Å². The number of carbonyl (C=O) groups is 1. The van der Waals surface area contributed by atoms with Gasteiger partial charge in [0, 0.05) is 50.9 Å². The fraction of sp³-hybridized carbons (Fsp3) is 0.400. The van der Waals surface area contributed by atoms with Gasteiger partial charge in [0.25, 0.3) is 5.91 Å². The third kappa shape index (κ3) is 4.69. The molecule has 0 spiro atoms. The normalized spacial score (nSPS) is 16.8. The Bertz CT molecular complexity index is 1780. The summed E-state index contributed by atoms with van der Waals surface area (Å²) in [6.45, 7) is 0.564. The van der Waals surface area contributed by atoms with Crippen molar-refractivity contribution >= 4 is 28.0 Å². The van der Waals surface area contributed by atoms with E-state index < -0.39 is 19.0 Å². The molecule has 1 fully saturated rings. The number of para-hydroxylation sites is 1. The molecule has 0 bridgehead atoms. The Labute approximate surface area is 240 Å². The molecular weight excluding hydrogens is 542 g/mol. The molecule has 218 valence electrons. The number of halogens is 2. The van der Waals surface area contributed by atoms with Crippen LogP contribution in [0.3, 0.4) is 0 Å². The van der Waals surface area contributed by atoms with Gasteiger partial charge in [0.1, 0.15) is 24.5 Å². The van der Waals surface area contributed by atoms with Gasteiger partial charge in [-0.25, -0.2) is 23.7 Å². The van der Waals surface area contributed by atoms with Crippen molar-refractivity contribution in [3.8, 4) is 17.3 Å². The molecule has 12 heteroatoms. The summed E-state index contributed by atoms with van der Waals surface area (Å²) in [5, 5.41) is 0.968. The molecule has 7 rings (SSSR count). The number of aromatic nitrogens is 6. The van der Waals surface area contributed by atoms with E-state index in [0.29, 0.717) is 52.9 Å². The molecule has 5 heterocycles. The Balaban J connectivity index is 1.28. The number of hydrogen-bond donors (Lipinski definition) is 1. The predicted octanol–water partition coefficient (Wildman–Crippen LogP) is 4.04. The summed E-state index contributed by atoms with van der Waals surface area (Å²) in [6, 6.07) is 8.96. The Kier molecular flexibility index (Phi) is 6.64. The monoisotopic (exact) mass is 574 g/mol. The molecule has 1 aromatic carbocycles. The Morgan fingerprint density at radius 3 is 2.83 bits per heavy atom. The molecule has 5 aromatic rings. The van der Waals surface area contributed by atoms with Gasteiger partial charge in [0.2, 0.25) is 6.30 Å². The van der Waals surface area contributed by atoms with Crippen molar-refractivity contribution in [3.63, 3.8) is 0 Å². The molecule has 2 aliphatic rings. The lowest BCUT2D eigenvalue weighted by molar-refractivity contribution is 0.0723. The second-order valence-corrected chi connectivity index (χ2v) is 11.3. The number of amides is 1. The van der Waals surface area contributed by atoms with E-state index in [1.165, 1.54) is 17.1 Å². The van der Waals surface area contributed by atoms with Crippen molar-refractivity contribution in [1.29, 1.82) is 0 Å². The summed E-state index contributed by atoms with van der Waals surface area (Å²) >= 11 is 0. The largest absolute Gasteiger partial charge is 0.486 e.